The lowest BCUT2D eigenvalue weighted by Crippen LogP contribution is -2.17. The Morgan fingerprint density at radius 1 is 0.938 bits per heavy atom. The molecule has 0 atom stereocenters. The number of anilines is 1. The molecule has 0 bridgehead atoms. The molecule has 3 rings (SSSR count). The normalized spacial score (nSPS) is 11.1. The van der Waals surface area contributed by atoms with E-state index in [0.29, 0.717) is 22.8 Å². The molecule has 1 amide bonds. The van der Waals surface area contributed by atoms with E-state index < -0.39 is 23.3 Å². The third-order valence-corrected chi connectivity index (χ3v) is 4.77. The molecule has 0 aromatic heterocycles. The third kappa shape index (κ3) is 5.64. The summed E-state index contributed by atoms with van der Waals surface area (Å²) in [5.74, 6) is 0.997. The van der Waals surface area contributed by atoms with Crippen LogP contribution < -0.4 is 19.5 Å². The summed E-state index contributed by atoms with van der Waals surface area (Å²) in [5.41, 5.74) is -0.737. The molecule has 0 radical (unpaired) electrons. The van der Waals surface area contributed by atoms with E-state index in [1.165, 1.54) is 25.3 Å². The molecule has 0 fully saturated rings. The SMILES string of the molecule is COc1ccc(OCc2cc(C(=O)Nc3ccc(Cl)cc3C(F)(F)F)ccc2OC)cc1. The van der Waals surface area contributed by atoms with Gasteiger partial charge in [-0.05, 0) is 60.7 Å². The van der Waals surface area contributed by atoms with Gasteiger partial charge in [0.25, 0.3) is 5.91 Å². The molecule has 168 valence electrons. The Balaban J connectivity index is 1.80. The van der Waals surface area contributed by atoms with E-state index in [0.717, 1.165) is 12.1 Å². The van der Waals surface area contributed by atoms with Gasteiger partial charge in [-0.25, -0.2) is 0 Å². The first-order valence-electron chi connectivity index (χ1n) is 9.33. The lowest BCUT2D eigenvalue weighted by atomic mass is 10.1. The summed E-state index contributed by atoms with van der Waals surface area (Å²) in [6.45, 7) is 0.0748. The average molecular weight is 466 g/mol. The zero-order chi connectivity index (χ0) is 23.3. The number of carbonyl (C=O) groups excluding carboxylic acids is 1. The van der Waals surface area contributed by atoms with Crippen molar-refractivity contribution in [2.45, 2.75) is 12.8 Å². The summed E-state index contributed by atoms with van der Waals surface area (Å²) in [7, 11) is 3.02. The highest BCUT2D eigenvalue weighted by Crippen LogP contribution is 2.36. The summed E-state index contributed by atoms with van der Waals surface area (Å²) in [6, 6.07) is 14.6. The molecular formula is C23H19ClF3NO4. The summed E-state index contributed by atoms with van der Waals surface area (Å²) in [4.78, 5) is 12.7. The van der Waals surface area contributed by atoms with Gasteiger partial charge in [-0.3, -0.25) is 4.79 Å². The van der Waals surface area contributed by atoms with Gasteiger partial charge in [-0.2, -0.15) is 13.2 Å². The first kappa shape index (κ1) is 23.3. The Morgan fingerprint density at radius 3 is 2.25 bits per heavy atom. The van der Waals surface area contributed by atoms with Crippen LogP contribution in [0, 0.1) is 0 Å². The Hall–Kier alpha value is -3.39. The molecule has 1 N–H and O–H groups in total. The molecule has 9 heteroatoms. The second-order valence-electron chi connectivity index (χ2n) is 6.63. The van der Waals surface area contributed by atoms with Crippen molar-refractivity contribution < 1.29 is 32.2 Å². The van der Waals surface area contributed by atoms with Gasteiger partial charge in [0.05, 0.1) is 25.5 Å². The van der Waals surface area contributed by atoms with Crippen LogP contribution in [0.2, 0.25) is 5.02 Å². The molecule has 5 nitrogen and oxygen atoms in total. The first-order valence-corrected chi connectivity index (χ1v) is 9.71. The van der Waals surface area contributed by atoms with E-state index in [2.05, 4.69) is 5.32 Å². The maximum Gasteiger partial charge on any atom is 0.418 e. The number of benzene rings is 3. The van der Waals surface area contributed by atoms with E-state index in [1.807, 2.05) is 0 Å². The quantitative estimate of drug-likeness (QED) is 0.451. The van der Waals surface area contributed by atoms with Gasteiger partial charge in [0.2, 0.25) is 0 Å². The second-order valence-corrected chi connectivity index (χ2v) is 7.07. The van der Waals surface area contributed by atoms with Crippen molar-refractivity contribution >= 4 is 23.2 Å². The molecule has 3 aromatic carbocycles. The number of methoxy groups -OCH3 is 2. The first-order chi connectivity index (χ1) is 15.2. The largest absolute Gasteiger partial charge is 0.497 e. The van der Waals surface area contributed by atoms with Crippen LogP contribution in [-0.2, 0) is 12.8 Å². The molecule has 0 aliphatic carbocycles. The zero-order valence-electron chi connectivity index (χ0n) is 17.1. The van der Waals surface area contributed by atoms with Crippen LogP contribution in [0.25, 0.3) is 0 Å². The van der Waals surface area contributed by atoms with Gasteiger partial charge in [-0.1, -0.05) is 11.6 Å². The molecular weight excluding hydrogens is 447 g/mol. The van der Waals surface area contributed by atoms with Crippen LogP contribution in [0.3, 0.4) is 0 Å². The fraction of sp³-hybridized carbons (Fsp3) is 0.174. The topological polar surface area (TPSA) is 56.8 Å². The molecule has 3 aromatic rings. The smallest absolute Gasteiger partial charge is 0.418 e. The fourth-order valence-corrected chi connectivity index (χ4v) is 3.09. The predicted molar refractivity (Wildman–Crippen MR) is 115 cm³/mol. The van der Waals surface area contributed by atoms with Crippen LogP contribution in [0.5, 0.6) is 17.2 Å². The second kappa shape index (κ2) is 9.82. The maximum absolute atomic E-state index is 13.3. The van der Waals surface area contributed by atoms with Crippen molar-refractivity contribution in [3.8, 4) is 17.2 Å². The van der Waals surface area contributed by atoms with E-state index >= 15 is 0 Å². The predicted octanol–water partition coefficient (Wildman–Crippen LogP) is 6.21. The molecule has 0 spiro atoms. The minimum Gasteiger partial charge on any atom is -0.497 e. The highest BCUT2D eigenvalue weighted by atomic mass is 35.5. The van der Waals surface area contributed by atoms with E-state index in [4.69, 9.17) is 25.8 Å². The molecule has 32 heavy (non-hydrogen) atoms. The van der Waals surface area contributed by atoms with Gasteiger partial charge >= 0.3 is 6.18 Å². The molecule has 0 aliphatic rings. The van der Waals surface area contributed by atoms with Gasteiger partial charge in [-0.15, -0.1) is 0 Å². The minimum absolute atomic E-state index is 0.0748. The molecule has 0 saturated carbocycles. The Bertz CT molecular complexity index is 1100. The van der Waals surface area contributed by atoms with E-state index in [-0.39, 0.29) is 17.2 Å². The van der Waals surface area contributed by atoms with Crippen LogP contribution in [0.1, 0.15) is 21.5 Å². The Kier molecular flexibility index (Phi) is 7.15. The van der Waals surface area contributed by atoms with Crippen LogP contribution >= 0.6 is 11.6 Å². The number of nitrogens with one attached hydrogen (secondary N) is 1. The van der Waals surface area contributed by atoms with Crippen LogP contribution in [-0.4, -0.2) is 20.1 Å². The highest BCUT2D eigenvalue weighted by Gasteiger charge is 2.34. The summed E-state index contributed by atoms with van der Waals surface area (Å²) in [5, 5.41) is 2.21. The summed E-state index contributed by atoms with van der Waals surface area (Å²) in [6.07, 6.45) is -4.68. The van der Waals surface area contributed by atoms with Crippen LogP contribution in [0.4, 0.5) is 18.9 Å². The Morgan fingerprint density at radius 2 is 1.62 bits per heavy atom. The van der Waals surface area contributed by atoms with E-state index in [1.54, 1.807) is 37.4 Å². The lowest BCUT2D eigenvalue weighted by molar-refractivity contribution is -0.136. The van der Waals surface area contributed by atoms with Crippen molar-refractivity contribution in [2.24, 2.45) is 0 Å². The van der Waals surface area contributed by atoms with Crippen molar-refractivity contribution in [2.75, 3.05) is 19.5 Å². The van der Waals surface area contributed by atoms with Gasteiger partial charge in [0.1, 0.15) is 23.9 Å². The third-order valence-electron chi connectivity index (χ3n) is 4.53. The number of amides is 1. The molecule has 0 heterocycles. The number of halogens is 4. The number of ether oxygens (including phenoxy) is 3. The van der Waals surface area contributed by atoms with Gasteiger partial charge in [0, 0.05) is 16.1 Å². The lowest BCUT2D eigenvalue weighted by Gasteiger charge is -2.15. The monoisotopic (exact) mass is 465 g/mol. The number of hydrogen-bond donors (Lipinski definition) is 1. The molecule has 0 aliphatic heterocycles. The highest BCUT2D eigenvalue weighted by molar-refractivity contribution is 6.30. The summed E-state index contributed by atoms with van der Waals surface area (Å²) < 4.78 is 56.0. The number of rotatable bonds is 7. The van der Waals surface area contributed by atoms with Crippen molar-refractivity contribution in [1.82, 2.24) is 0 Å². The number of carbonyl (C=O) groups is 1. The van der Waals surface area contributed by atoms with Gasteiger partial charge < -0.3 is 19.5 Å². The Labute approximate surface area is 187 Å². The number of alkyl halides is 3. The molecule has 0 unspecified atom stereocenters. The minimum atomic E-state index is -4.68. The van der Waals surface area contributed by atoms with Gasteiger partial charge in [0.15, 0.2) is 0 Å². The van der Waals surface area contributed by atoms with Crippen molar-refractivity contribution in [1.29, 1.82) is 0 Å². The maximum atomic E-state index is 13.3. The van der Waals surface area contributed by atoms with Crippen LogP contribution in [0.15, 0.2) is 60.7 Å². The number of hydrogen-bond acceptors (Lipinski definition) is 4. The summed E-state index contributed by atoms with van der Waals surface area (Å²) >= 11 is 5.69. The average Bonchev–Trinajstić information content (AvgIpc) is 2.78. The van der Waals surface area contributed by atoms with Crippen molar-refractivity contribution in [3.05, 3.63) is 82.4 Å². The zero-order valence-corrected chi connectivity index (χ0v) is 17.9. The molecule has 0 saturated heterocycles. The van der Waals surface area contributed by atoms with Crippen molar-refractivity contribution in [3.63, 3.8) is 0 Å². The fourth-order valence-electron chi connectivity index (χ4n) is 2.92. The standard InChI is InChI=1S/C23H19ClF3NO4/c1-30-17-5-7-18(8-6-17)32-13-15-11-14(3-10-21(15)31-2)22(29)28-20-9-4-16(24)12-19(20)23(25,26)27/h3-12H,13H2,1-2H3,(H,28,29). The van der Waals surface area contributed by atoms with E-state index in [9.17, 15) is 18.0 Å².